The predicted octanol–water partition coefficient (Wildman–Crippen LogP) is 1.61. The number of hydrogen-bond donors (Lipinski definition) is 2. The molecule has 0 fully saturated rings. The van der Waals surface area contributed by atoms with Crippen molar-refractivity contribution in [2.75, 3.05) is 26.7 Å². The van der Waals surface area contributed by atoms with E-state index in [1.165, 1.54) is 24.3 Å². The first-order valence-corrected chi connectivity index (χ1v) is 5.76. The van der Waals surface area contributed by atoms with Gasteiger partial charge in [0.15, 0.2) is 0 Å². The maximum absolute atomic E-state index is 9.95. The molecule has 1 rings (SSSR count). The average Bonchev–Trinajstić information content (AvgIpc) is 2.49. The van der Waals surface area contributed by atoms with Gasteiger partial charge in [-0.1, -0.05) is 26.0 Å². The van der Waals surface area contributed by atoms with Crippen LogP contribution >= 0.6 is 0 Å². The molecule has 0 heterocycles. The molecule has 0 aliphatic carbocycles. The van der Waals surface area contributed by atoms with Gasteiger partial charge in [0.25, 0.3) is 0 Å². The number of benzene rings is 1. The summed E-state index contributed by atoms with van der Waals surface area (Å²) in [6.45, 7) is -0.630. The van der Waals surface area contributed by atoms with Crippen molar-refractivity contribution in [3.05, 3.63) is 29.8 Å². The van der Waals surface area contributed by atoms with Gasteiger partial charge in [0.1, 0.15) is 18.4 Å². The molecule has 0 spiro atoms. The van der Waals surface area contributed by atoms with E-state index < -0.39 is 38.7 Å². The highest BCUT2D eigenvalue weighted by molar-refractivity contribution is 5.27. The van der Waals surface area contributed by atoms with Gasteiger partial charge in [-0.05, 0) is 24.1 Å². The first-order valence-electron chi connectivity index (χ1n) is 10.3. The highest BCUT2D eigenvalue weighted by Gasteiger charge is 2.05. The van der Waals surface area contributed by atoms with Crippen LogP contribution in [0.1, 0.15) is 31.7 Å². The number of hydrogen-bond acceptors (Lipinski definition) is 4. The van der Waals surface area contributed by atoms with Gasteiger partial charge < -0.3 is 19.9 Å². The smallest absolute Gasteiger partial charge is 0.119 e. The number of nitrogens with one attached hydrogen (secondary N) is 1. The molecule has 0 saturated heterocycles. The molecule has 108 valence electrons. The Morgan fingerprint density at radius 3 is 2.79 bits per heavy atom. The predicted molar refractivity (Wildman–Crippen MR) is 76.7 cm³/mol. The van der Waals surface area contributed by atoms with Gasteiger partial charge in [-0.3, -0.25) is 0 Å². The fourth-order valence-corrected chi connectivity index (χ4v) is 1.22. The van der Waals surface area contributed by atoms with Gasteiger partial charge >= 0.3 is 0 Å². The van der Waals surface area contributed by atoms with E-state index in [1.807, 2.05) is 0 Å². The van der Waals surface area contributed by atoms with Gasteiger partial charge in [-0.2, -0.15) is 0 Å². The molecule has 0 bridgehead atoms. The van der Waals surface area contributed by atoms with Gasteiger partial charge in [0, 0.05) is 23.7 Å². The standard InChI is InChI=1S/C15H25NO3/c1-12(2)16-10-14(17)11-19-15-6-4-13(5-7-15)8-9-18-3/h4-7,12,14,16-17H,8-11H2,1-3H3/i3D3,8D2,9D2,12D,14D. The highest BCUT2D eigenvalue weighted by Crippen LogP contribution is 2.12. The number of ether oxygens (including phenoxy) is 2. The lowest BCUT2D eigenvalue weighted by Gasteiger charge is -2.15. The molecule has 4 heteroatoms. The lowest BCUT2D eigenvalue weighted by Crippen LogP contribution is -2.35. The Hall–Kier alpha value is -1.10. The Labute approximate surface area is 128 Å². The van der Waals surface area contributed by atoms with Gasteiger partial charge in [-0.25, -0.2) is 0 Å². The second-order valence-electron chi connectivity index (χ2n) is 4.06. The summed E-state index contributed by atoms with van der Waals surface area (Å²) in [6.07, 6.45) is -4.77. The average molecular weight is 276 g/mol. The normalized spacial score (nSPS) is 24.1. The maximum atomic E-state index is 9.95. The summed E-state index contributed by atoms with van der Waals surface area (Å²) in [7, 11) is -3.11. The fourth-order valence-electron chi connectivity index (χ4n) is 1.22. The number of aryl methyl sites for hydroxylation is 1. The summed E-state index contributed by atoms with van der Waals surface area (Å²) >= 11 is 0. The Bertz CT molecular complexity index is 640. The molecule has 2 N–H and O–H groups in total. The molecule has 1 atom stereocenters. The summed E-state index contributed by atoms with van der Waals surface area (Å²) in [5.41, 5.74) is -0.173. The van der Waals surface area contributed by atoms with Crippen molar-refractivity contribution >= 4 is 0 Å². The molecule has 19 heavy (non-hydrogen) atoms. The fraction of sp³-hybridized carbons (Fsp3) is 0.600. The van der Waals surface area contributed by atoms with Crippen LogP contribution in [0.15, 0.2) is 24.3 Å². The summed E-state index contributed by atoms with van der Waals surface area (Å²) in [4.78, 5) is 0. The molecule has 0 aromatic heterocycles. The van der Waals surface area contributed by atoms with Crippen molar-refractivity contribution < 1.29 is 26.9 Å². The van der Waals surface area contributed by atoms with Crippen LogP contribution in [0.4, 0.5) is 0 Å². The first-order chi connectivity index (χ1) is 12.3. The van der Waals surface area contributed by atoms with Gasteiger partial charge in [0.2, 0.25) is 0 Å². The number of methoxy groups -OCH3 is 1. The van der Waals surface area contributed by atoms with E-state index in [0.717, 1.165) is 0 Å². The highest BCUT2D eigenvalue weighted by atomic mass is 16.5. The summed E-state index contributed by atoms with van der Waals surface area (Å²) < 4.78 is 77.0. The second kappa shape index (κ2) is 8.91. The third kappa shape index (κ3) is 7.15. The van der Waals surface area contributed by atoms with E-state index in [-0.39, 0.29) is 17.9 Å². The van der Waals surface area contributed by atoms with Crippen molar-refractivity contribution in [2.45, 2.75) is 32.3 Å². The third-order valence-corrected chi connectivity index (χ3v) is 2.15. The van der Waals surface area contributed by atoms with E-state index in [2.05, 4.69) is 10.1 Å². The Morgan fingerprint density at radius 1 is 1.42 bits per heavy atom. The van der Waals surface area contributed by atoms with Crippen LogP contribution in [-0.2, 0) is 11.1 Å². The van der Waals surface area contributed by atoms with E-state index >= 15 is 0 Å². The van der Waals surface area contributed by atoms with Crippen molar-refractivity contribution in [1.29, 1.82) is 0 Å². The minimum atomic E-state index is -3.11. The zero-order valence-electron chi connectivity index (χ0n) is 20.0. The molecule has 0 aliphatic heterocycles. The summed E-state index contributed by atoms with van der Waals surface area (Å²) in [5.74, 6) is 0.188. The first kappa shape index (κ1) is 7.07. The quantitative estimate of drug-likeness (QED) is 0.719. The monoisotopic (exact) mass is 276 g/mol. The van der Waals surface area contributed by atoms with Gasteiger partial charge in [0.05, 0.1) is 14.8 Å². The van der Waals surface area contributed by atoms with E-state index in [9.17, 15) is 5.11 Å². The van der Waals surface area contributed by atoms with Crippen LogP contribution in [-0.4, -0.2) is 44.0 Å². The van der Waals surface area contributed by atoms with Crippen LogP contribution in [0.5, 0.6) is 5.75 Å². The molecule has 1 aromatic carbocycles. The lowest BCUT2D eigenvalue weighted by molar-refractivity contribution is 0.104. The van der Waals surface area contributed by atoms with Crippen molar-refractivity contribution in [3.63, 3.8) is 0 Å². The topological polar surface area (TPSA) is 50.7 Å². The van der Waals surface area contributed by atoms with Crippen molar-refractivity contribution in [2.24, 2.45) is 0 Å². The molecule has 1 aromatic rings. The molecule has 0 radical (unpaired) electrons. The SMILES string of the molecule is [2H]C(O)(CNC([2H])(C)C)COc1ccc(C([2H])([2H])C([2H])([2H])OC([2H])([2H])[2H])cc1. The Kier molecular flexibility index (Phi) is 3.31. The zero-order chi connectivity index (χ0) is 22.0. The molecule has 0 aliphatic rings. The van der Waals surface area contributed by atoms with Crippen LogP contribution in [0.3, 0.4) is 0 Å². The minimum absolute atomic E-state index is 0.173. The molecule has 0 saturated carbocycles. The van der Waals surface area contributed by atoms with E-state index in [0.29, 0.717) is 0 Å². The van der Waals surface area contributed by atoms with Gasteiger partial charge in [-0.15, -0.1) is 0 Å². The maximum Gasteiger partial charge on any atom is 0.119 e. The molecule has 0 amide bonds. The largest absolute Gasteiger partial charge is 0.491 e. The van der Waals surface area contributed by atoms with Crippen LogP contribution in [0, 0.1) is 0 Å². The van der Waals surface area contributed by atoms with E-state index in [4.69, 9.17) is 17.1 Å². The second-order valence-corrected chi connectivity index (χ2v) is 4.06. The minimum Gasteiger partial charge on any atom is -0.491 e. The number of aliphatic hydroxyl groups is 1. The van der Waals surface area contributed by atoms with Crippen LogP contribution in [0.2, 0.25) is 0 Å². The van der Waals surface area contributed by atoms with Crippen molar-refractivity contribution in [1.82, 2.24) is 5.32 Å². The molecular formula is C15H25NO3. The molecule has 4 nitrogen and oxygen atoms in total. The zero-order valence-corrected chi connectivity index (χ0v) is 11.0. The molecule has 1 unspecified atom stereocenters. The van der Waals surface area contributed by atoms with Crippen LogP contribution in [0.25, 0.3) is 0 Å². The third-order valence-electron chi connectivity index (χ3n) is 2.15. The van der Waals surface area contributed by atoms with E-state index in [1.54, 1.807) is 13.8 Å². The summed E-state index contributed by atoms with van der Waals surface area (Å²) in [6, 6.07) is 3.97. The lowest BCUT2D eigenvalue weighted by atomic mass is 10.1. The Morgan fingerprint density at radius 2 is 2.16 bits per heavy atom. The Balaban J connectivity index is 2.80. The summed E-state index contributed by atoms with van der Waals surface area (Å²) in [5, 5.41) is 12.6. The number of rotatable bonds is 9. The molecular weight excluding hydrogens is 242 g/mol. The van der Waals surface area contributed by atoms with Crippen molar-refractivity contribution in [3.8, 4) is 5.75 Å². The van der Waals surface area contributed by atoms with Crippen LogP contribution < -0.4 is 10.1 Å².